The molecule has 0 aliphatic heterocycles. The number of amides is 1. The van der Waals surface area contributed by atoms with Gasteiger partial charge in [0.05, 0.1) is 5.56 Å². The molecule has 2 rings (SSSR count). The molecule has 1 heterocycles. The van der Waals surface area contributed by atoms with E-state index in [1.807, 2.05) is 0 Å². The van der Waals surface area contributed by atoms with Gasteiger partial charge in [-0.2, -0.15) is 13.2 Å². The lowest BCUT2D eigenvalue weighted by Crippen LogP contribution is -2.15. The minimum atomic E-state index is -4.53. The highest BCUT2D eigenvalue weighted by atomic mass is 32.2. The number of alkyl halides is 3. The largest absolute Gasteiger partial charge is 0.489 e. The maximum Gasteiger partial charge on any atom is 0.447 e. The maximum absolute atomic E-state index is 12.5. The molecular weight excluding hydrogens is 341 g/mol. The summed E-state index contributed by atoms with van der Waals surface area (Å²) in [7, 11) is 0. The van der Waals surface area contributed by atoms with E-state index in [2.05, 4.69) is 16.9 Å². The van der Waals surface area contributed by atoms with Gasteiger partial charge < -0.3 is 10.1 Å². The normalized spacial score (nSPS) is 11.0. The van der Waals surface area contributed by atoms with Gasteiger partial charge in [0.1, 0.15) is 17.4 Å². The molecule has 1 N–H and O–H groups in total. The number of hydrogen-bond acceptors (Lipinski definition) is 4. The first-order chi connectivity index (χ1) is 11.4. The minimum absolute atomic E-state index is 0.155. The number of carbonyl (C=O) groups excluding carboxylic acids is 1. The Balaban J connectivity index is 2.17. The summed E-state index contributed by atoms with van der Waals surface area (Å²) in [5.74, 6) is -0.181. The van der Waals surface area contributed by atoms with Crippen molar-refractivity contribution in [2.24, 2.45) is 0 Å². The zero-order chi connectivity index (χ0) is 17.6. The topological polar surface area (TPSA) is 51.2 Å². The lowest BCUT2D eigenvalue weighted by atomic mass is 10.2. The molecule has 126 valence electrons. The van der Waals surface area contributed by atoms with E-state index in [4.69, 9.17) is 4.74 Å². The van der Waals surface area contributed by atoms with Crippen molar-refractivity contribution < 1.29 is 22.7 Å². The predicted molar refractivity (Wildman–Crippen MR) is 86.2 cm³/mol. The van der Waals surface area contributed by atoms with Crippen molar-refractivity contribution in [1.82, 2.24) is 4.98 Å². The standard InChI is InChI=1S/C16H13F3N2O2S/c1-2-9-23-12-6-3-5-11(10-12)21-14(22)13-7-4-8-20-15(13)24-16(17,18)19/h2-8,10H,1,9H2,(H,21,22). The maximum atomic E-state index is 12.5. The van der Waals surface area contributed by atoms with Crippen molar-refractivity contribution in [3.8, 4) is 5.75 Å². The molecule has 0 fully saturated rings. The molecule has 0 saturated heterocycles. The number of hydrogen-bond donors (Lipinski definition) is 1. The third kappa shape index (κ3) is 5.31. The highest BCUT2D eigenvalue weighted by molar-refractivity contribution is 8.00. The minimum Gasteiger partial charge on any atom is -0.489 e. The van der Waals surface area contributed by atoms with E-state index in [-0.39, 0.29) is 5.56 Å². The number of carbonyl (C=O) groups is 1. The van der Waals surface area contributed by atoms with Gasteiger partial charge in [0, 0.05) is 29.7 Å². The Morgan fingerprint density at radius 1 is 1.33 bits per heavy atom. The molecule has 0 spiro atoms. The van der Waals surface area contributed by atoms with E-state index in [0.29, 0.717) is 18.0 Å². The SMILES string of the molecule is C=CCOc1cccc(NC(=O)c2cccnc2SC(F)(F)F)c1. The predicted octanol–water partition coefficient (Wildman–Crippen LogP) is 4.51. The molecule has 24 heavy (non-hydrogen) atoms. The van der Waals surface area contributed by atoms with Gasteiger partial charge in [-0.25, -0.2) is 4.98 Å². The second-order valence-electron chi connectivity index (χ2n) is 4.49. The molecular formula is C16H13F3N2O2S. The quantitative estimate of drug-likeness (QED) is 0.612. The van der Waals surface area contributed by atoms with Gasteiger partial charge in [-0.1, -0.05) is 18.7 Å². The van der Waals surface area contributed by atoms with Crippen LogP contribution < -0.4 is 10.1 Å². The number of nitrogens with one attached hydrogen (secondary N) is 1. The molecule has 0 bridgehead atoms. The first kappa shape index (κ1) is 17.9. The lowest BCUT2D eigenvalue weighted by molar-refractivity contribution is -0.0329. The Morgan fingerprint density at radius 2 is 2.12 bits per heavy atom. The van der Waals surface area contributed by atoms with Crippen molar-refractivity contribution in [3.63, 3.8) is 0 Å². The van der Waals surface area contributed by atoms with Crippen LogP contribution in [0.2, 0.25) is 0 Å². The van der Waals surface area contributed by atoms with E-state index in [0.717, 1.165) is 0 Å². The van der Waals surface area contributed by atoms with Crippen LogP contribution in [-0.2, 0) is 0 Å². The van der Waals surface area contributed by atoms with Gasteiger partial charge in [0.25, 0.3) is 5.91 Å². The van der Waals surface area contributed by atoms with Crippen LogP contribution >= 0.6 is 11.8 Å². The molecule has 2 aromatic rings. The smallest absolute Gasteiger partial charge is 0.447 e. The van der Waals surface area contributed by atoms with Gasteiger partial charge >= 0.3 is 5.51 Å². The second-order valence-corrected chi connectivity index (χ2v) is 5.54. The average molecular weight is 354 g/mol. The average Bonchev–Trinajstić information content (AvgIpc) is 2.52. The molecule has 0 radical (unpaired) electrons. The summed E-state index contributed by atoms with van der Waals surface area (Å²) >= 11 is -0.427. The van der Waals surface area contributed by atoms with E-state index in [9.17, 15) is 18.0 Å². The summed E-state index contributed by atoms with van der Waals surface area (Å²) in [6.45, 7) is 3.83. The Morgan fingerprint density at radius 3 is 2.83 bits per heavy atom. The van der Waals surface area contributed by atoms with E-state index in [1.54, 1.807) is 30.3 Å². The summed E-state index contributed by atoms with van der Waals surface area (Å²) < 4.78 is 43.0. The van der Waals surface area contributed by atoms with Gasteiger partial charge in [-0.05, 0) is 24.3 Å². The molecule has 8 heteroatoms. The number of pyridine rings is 1. The van der Waals surface area contributed by atoms with Crippen molar-refractivity contribution in [1.29, 1.82) is 0 Å². The number of benzene rings is 1. The molecule has 1 amide bonds. The number of rotatable bonds is 6. The van der Waals surface area contributed by atoms with E-state index >= 15 is 0 Å². The zero-order valence-electron chi connectivity index (χ0n) is 12.3. The highest BCUT2D eigenvalue weighted by Crippen LogP contribution is 2.37. The second kappa shape index (κ2) is 7.87. The third-order valence-electron chi connectivity index (χ3n) is 2.69. The van der Waals surface area contributed by atoms with Crippen molar-refractivity contribution in [2.45, 2.75) is 10.5 Å². The van der Waals surface area contributed by atoms with Gasteiger partial charge in [0.2, 0.25) is 0 Å². The zero-order valence-corrected chi connectivity index (χ0v) is 13.2. The number of thioether (sulfide) groups is 1. The van der Waals surface area contributed by atoms with Crippen LogP contribution in [0.25, 0.3) is 0 Å². The molecule has 4 nitrogen and oxygen atoms in total. The number of anilines is 1. The van der Waals surface area contributed by atoms with E-state index < -0.39 is 28.2 Å². The monoisotopic (exact) mass is 354 g/mol. The first-order valence-electron chi connectivity index (χ1n) is 6.75. The van der Waals surface area contributed by atoms with Gasteiger partial charge in [-0.3, -0.25) is 4.79 Å². The van der Waals surface area contributed by atoms with Crippen molar-refractivity contribution in [2.75, 3.05) is 11.9 Å². The summed E-state index contributed by atoms with van der Waals surface area (Å²) in [5, 5.41) is 2.13. The summed E-state index contributed by atoms with van der Waals surface area (Å²) in [4.78, 5) is 15.9. The molecule has 0 aliphatic carbocycles. The summed E-state index contributed by atoms with van der Waals surface area (Å²) in [6.07, 6.45) is 2.77. The lowest BCUT2D eigenvalue weighted by Gasteiger charge is -2.11. The fourth-order valence-corrected chi connectivity index (χ4v) is 2.38. The first-order valence-corrected chi connectivity index (χ1v) is 7.56. The Hall–Kier alpha value is -2.48. The molecule has 0 saturated carbocycles. The number of aromatic nitrogens is 1. The van der Waals surface area contributed by atoms with Crippen molar-refractivity contribution >= 4 is 23.4 Å². The fraction of sp³-hybridized carbons (Fsp3) is 0.125. The van der Waals surface area contributed by atoms with Gasteiger partial charge in [0.15, 0.2) is 0 Å². The Kier molecular flexibility index (Phi) is 5.86. The number of halogens is 3. The van der Waals surface area contributed by atoms with Crippen LogP contribution in [0.15, 0.2) is 60.3 Å². The fourth-order valence-electron chi connectivity index (χ4n) is 1.77. The number of nitrogens with zero attached hydrogens (tertiary/aromatic N) is 1. The Bertz CT molecular complexity index is 735. The molecule has 0 aliphatic rings. The van der Waals surface area contributed by atoms with Crippen LogP contribution in [0.1, 0.15) is 10.4 Å². The van der Waals surface area contributed by atoms with Crippen molar-refractivity contribution in [3.05, 3.63) is 60.8 Å². The number of ether oxygens (including phenoxy) is 1. The Labute approximate surface area is 140 Å². The molecule has 1 aromatic heterocycles. The van der Waals surface area contributed by atoms with Crippen LogP contribution in [0.3, 0.4) is 0 Å². The molecule has 1 aromatic carbocycles. The highest BCUT2D eigenvalue weighted by Gasteiger charge is 2.32. The summed E-state index contributed by atoms with van der Waals surface area (Å²) in [5.41, 5.74) is -4.28. The van der Waals surface area contributed by atoms with Crippen LogP contribution in [0, 0.1) is 0 Å². The third-order valence-corrected chi connectivity index (χ3v) is 3.44. The summed E-state index contributed by atoms with van der Waals surface area (Å²) in [6, 6.07) is 9.20. The van der Waals surface area contributed by atoms with Crippen LogP contribution in [0.4, 0.5) is 18.9 Å². The van der Waals surface area contributed by atoms with Gasteiger partial charge in [-0.15, -0.1) is 0 Å². The molecule has 0 atom stereocenters. The van der Waals surface area contributed by atoms with Crippen LogP contribution in [-0.4, -0.2) is 23.0 Å². The van der Waals surface area contributed by atoms with E-state index in [1.165, 1.54) is 18.3 Å². The van der Waals surface area contributed by atoms with Crippen LogP contribution in [0.5, 0.6) is 5.75 Å². The molecule has 0 unspecified atom stereocenters.